The van der Waals surface area contributed by atoms with Gasteiger partial charge in [-0.15, -0.1) is 0 Å². The molecule has 1 unspecified atom stereocenters. The molecule has 4 N–H and O–H groups in total. The lowest BCUT2D eigenvalue weighted by Crippen LogP contribution is -2.49. The van der Waals surface area contributed by atoms with Gasteiger partial charge in [-0.3, -0.25) is 19.2 Å². The molecule has 3 atom stereocenters. The number of carbonyl (C=O) groups is 4. The van der Waals surface area contributed by atoms with Crippen LogP contribution in [0.2, 0.25) is 0 Å². The molecule has 1 heterocycles. The number of Topliss-reactive ketones (excluding diaryl/α,β-unsaturated/α-hetero) is 1. The Morgan fingerprint density at radius 1 is 1.24 bits per heavy atom. The zero-order chi connectivity index (χ0) is 19.4. The van der Waals surface area contributed by atoms with E-state index >= 15 is 0 Å². The van der Waals surface area contributed by atoms with Gasteiger partial charge in [0, 0.05) is 18.4 Å². The second-order valence-corrected chi connectivity index (χ2v) is 7.49. The monoisotopic (exact) mass is 355 g/mol. The Morgan fingerprint density at radius 2 is 1.84 bits per heavy atom. The Balaban J connectivity index is 2.67. The van der Waals surface area contributed by atoms with E-state index in [1.54, 1.807) is 0 Å². The first-order valence-corrected chi connectivity index (χ1v) is 8.54. The third-order valence-corrected chi connectivity index (χ3v) is 4.22. The number of primary amides is 1. The first-order valence-electron chi connectivity index (χ1n) is 8.54. The lowest BCUT2D eigenvalue weighted by molar-refractivity contribution is -0.161. The number of nitrogens with two attached hydrogens (primary N) is 2. The molecule has 8 heteroatoms. The smallest absolute Gasteiger partial charge is 0.323 e. The van der Waals surface area contributed by atoms with E-state index in [0.29, 0.717) is 13.0 Å². The summed E-state index contributed by atoms with van der Waals surface area (Å²) in [5.74, 6) is -1.74. The maximum Gasteiger partial charge on any atom is 0.323 e. The van der Waals surface area contributed by atoms with Crippen LogP contribution < -0.4 is 11.5 Å². The summed E-state index contributed by atoms with van der Waals surface area (Å²) >= 11 is 0. The Hall–Kier alpha value is -1.96. The maximum absolute atomic E-state index is 12.6. The molecule has 1 aliphatic heterocycles. The lowest BCUT2D eigenvalue weighted by Gasteiger charge is -2.30. The number of carbonyl (C=O) groups excluding carboxylic acids is 4. The van der Waals surface area contributed by atoms with Crippen molar-refractivity contribution in [3.05, 3.63) is 0 Å². The Bertz CT molecular complexity index is 541. The van der Waals surface area contributed by atoms with Crippen LogP contribution in [0.5, 0.6) is 0 Å². The fraction of sp³-hybridized carbons (Fsp3) is 0.765. The molecule has 1 rings (SSSR count). The molecule has 142 valence electrons. The summed E-state index contributed by atoms with van der Waals surface area (Å²) in [5.41, 5.74) is 10.1. The second kappa shape index (κ2) is 8.42. The predicted octanol–water partition coefficient (Wildman–Crippen LogP) is 0.117. The summed E-state index contributed by atoms with van der Waals surface area (Å²) in [5, 5.41) is 0. The van der Waals surface area contributed by atoms with Crippen molar-refractivity contribution in [2.45, 2.75) is 71.6 Å². The number of ketones is 1. The highest BCUT2D eigenvalue weighted by Crippen LogP contribution is 2.27. The van der Waals surface area contributed by atoms with Gasteiger partial charge in [0.15, 0.2) is 11.9 Å². The highest BCUT2D eigenvalue weighted by molar-refractivity contribution is 5.94. The Kier molecular flexibility index (Phi) is 7.10. The van der Waals surface area contributed by atoms with E-state index in [0.717, 1.165) is 6.42 Å². The zero-order valence-electron chi connectivity index (χ0n) is 15.4. The van der Waals surface area contributed by atoms with Gasteiger partial charge in [-0.2, -0.15) is 0 Å². The largest absolute Gasteiger partial charge is 0.451 e. The summed E-state index contributed by atoms with van der Waals surface area (Å²) in [6.45, 7) is 7.37. The molecule has 0 aromatic carbocycles. The number of hydrogen-bond donors (Lipinski definition) is 2. The first kappa shape index (κ1) is 21.1. The van der Waals surface area contributed by atoms with E-state index in [9.17, 15) is 19.2 Å². The van der Waals surface area contributed by atoms with Crippen molar-refractivity contribution >= 4 is 23.6 Å². The zero-order valence-corrected chi connectivity index (χ0v) is 15.4. The van der Waals surface area contributed by atoms with E-state index in [1.807, 2.05) is 20.8 Å². The number of ether oxygens (including phenoxy) is 1. The molecule has 25 heavy (non-hydrogen) atoms. The van der Waals surface area contributed by atoms with Crippen LogP contribution in [0, 0.1) is 5.41 Å². The normalized spacial score (nSPS) is 20.0. The minimum atomic E-state index is -1.04. The van der Waals surface area contributed by atoms with Crippen LogP contribution in [0.1, 0.15) is 53.4 Å². The van der Waals surface area contributed by atoms with Crippen molar-refractivity contribution in [1.29, 1.82) is 0 Å². The van der Waals surface area contributed by atoms with Crippen molar-refractivity contribution in [3.63, 3.8) is 0 Å². The predicted molar refractivity (Wildman–Crippen MR) is 91.2 cm³/mol. The van der Waals surface area contributed by atoms with Crippen LogP contribution >= 0.6 is 0 Å². The minimum absolute atomic E-state index is 0.00460. The fourth-order valence-corrected chi connectivity index (χ4v) is 2.76. The van der Waals surface area contributed by atoms with Gasteiger partial charge in [-0.25, -0.2) is 0 Å². The van der Waals surface area contributed by atoms with Gasteiger partial charge in [0.1, 0.15) is 6.04 Å². The molecule has 0 saturated carbocycles. The van der Waals surface area contributed by atoms with Crippen LogP contribution in [0.3, 0.4) is 0 Å². The summed E-state index contributed by atoms with van der Waals surface area (Å²) in [7, 11) is 0. The molecule has 0 bridgehead atoms. The van der Waals surface area contributed by atoms with Crippen LogP contribution in [-0.2, 0) is 23.9 Å². The molecule has 1 fully saturated rings. The number of rotatable bonds is 7. The van der Waals surface area contributed by atoms with Gasteiger partial charge in [-0.05, 0) is 26.2 Å². The maximum atomic E-state index is 12.6. The van der Waals surface area contributed by atoms with E-state index < -0.39 is 41.4 Å². The SMILES string of the molecule is C[C@@H](OC(=O)[C@H](N)CCC(N)=O)C(=O)N1CCCC1C(=O)C(C)(C)C. The van der Waals surface area contributed by atoms with Crippen molar-refractivity contribution in [2.75, 3.05) is 6.54 Å². The van der Waals surface area contributed by atoms with Gasteiger partial charge in [0.25, 0.3) is 5.91 Å². The second-order valence-electron chi connectivity index (χ2n) is 7.49. The standard InChI is InChI=1S/C17H29N3O5/c1-10(25-16(24)11(18)7-8-13(19)21)15(23)20-9-5-6-12(20)14(22)17(2,3)4/h10-12H,5-9,18H2,1-4H3,(H2,19,21)/t10-,11-,12?/m1/s1. The lowest BCUT2D eigenvalue weighted by atomic mass is 9.85. The Labute approximate surface area is 148 Å². The van der Waals surface area contributed by atoms with E-state index in [-0.39, 0.29) is 18.6 Å². The average molecular weight is 355 g/mol. The number of likely N-dealkylation sites (tertiary alicyclic amines) is 1. The summed E-state index contributed by atoms with van der Waals surface area (Å²) < 4.78 is 5.11. The van der Waals surface area contributed by atoms with Gasteiger partial charge >= 0.3 is 5.97 Å². The molecule has 0 aromatic heterocycles. The molecule has 0 aliphatic carbocycles. The quantitative estimate of drug-likeness (QED) is 0.623. The number of nitrogens with zero attached hydrogens (tertiary/aromatic N) is 1. The number of amides is 2. The van der Waals surface area contributed by atoms with E-state index in [1.165, 1.54) is 11.8 Å². The third kappa shape index (κ3) is 5.81. The van der Waals surface area contributed by atoms with E-state index in [4.69, 9.17) is 16.2 Å². The molecule has 2 amide bonds. The van der Waals surface area contributed by atoms with Crippen LogP contribution in [0.15, 0.2) is 0 Å². The molecule has 8 nitrogen and oxygen atoms in total. The third-order valence-electron chi connectivity index (χ3n) is 4.22. The van der Waals surface area contributed by atoms with Crippen LogP contribution in [-0.4, -0.2) is 53.2 Å². The van der Waals surface area contributed by atoms with Gasteiger partial charge in [-0.1, -0.05) is 20.8 Å². The Morgan fingerprint density at radius 3 is 2.36 bits per heavy atom. The highest BCUT2D eigenvalue weighted by Gasteiger charge is 2.40. The fourth-order valence-electron chi connectivity index (χ4n) is 2.76. The van der Waals surface area contributed by atoms with E-state index in [2.05, 4.69) is 0 Å². The van der Waals surface area contributed by atoms with Crippen molar-refractivity contribution in [3.8, 4) is 0 Å². The summed E-state index contributed by atoms with van der Waals surface area (Å²) in [4.78, 5) is 49.3. The van der Waals surface area contributed by atoms with Gasteiger partial charge in [0.2, 0.25) is 5.91 Å². The summed E-state index contributed by atoms with van der Waals surface area (Å²) in [6.07, 6.45) is 0.328. The molecule has 1 aliphatic rings. The molecule has 0 radical (unpaired) electrons. The van der Waals surface area contributed by atoms with Gasteiger partial charge < -0.3 is 21.1 Å². The van der Waals surface area contributed by atoms with Crippen molar-refractivity contribution in [2.24, 2.45) is 16.9 Å². The van der Waals surface area contributed by atoms with Crippen molar-refractivity contribution < 1.29 is 23.9 Å². The van der Waals surface area contributed by atoms with Crippen LogP contribution in [0.25, 0.3) is 0 Å². The minimum Gasteiger partial charge on any atom is -0.451 e. The first-order chi connectivity index (χ1) is 11.4. The molecule has 0 spiro atoms. The topological polar surface area (TPSA) is 133 Å². The molecule has 0 aromatic rings. The van der Waals surface area contributed by atoms with Crippen LogP contribution in [0.4, 0.5) is 0 Å². The number of hydrogen-bond acceptors (Lipinski definition) is 6. The molecule has 1 saturated heterocycles. The molecular weight excluding hydrogens is 326 g/mol. The highest BCUT2D eigenvalue weighted by atomic mass is 16.5. The molecular formula is C17H29N3O5. The number of esters is 1. The van der Waals surface area contributed by atoms with Gasteiger partial charge in [0.05, 0.1) is 6.04 Å². The summed E-state index contributed by atoms with van der Waals surface area (Å²) in [6, 6.07) is -1.51. The van der Waals surface area contributed by atoms with Crippen molar-refractivity contribution in [1.82, 2.24) is 4.90 Å². The average Bonchev–Trinajstić information content (AvgIpc) is 2.98.